The van der Waals surface area contributed by atoms with Gasteiger partial charge in [0, 0.05) is 12.5 Å². The Morgan fingerprint density at radius 3 is 0.806 bits per heavy atom. The third-order valence-electron chi connectivity index (χ3n) is 13.8. The first kappa shape index (κ1) is 92.7. The van der Waals surface area contributed by atoms with Gasteiger partial charge in [-0.05, 0) is 43.0 Å². The highest BCUT2D eigenvalue weighted by Gasteiger charge is 2.30. The first-order valence-corrected chi connectivity index (χ1v) is 35.9. The van der Waals surface area contributed by atoms with Crippen LogP contribution in [-0.2, 0) is 123 Å². The van der Waals surface area contributed by atoms with Crippen LogP contribution in [0.15, 0.2) is 48.5 Å². The maximum atomic E-state index is 13.2. The van der Waals surface area contributed by atoms with E-state index in [1.807, 2.05) is 48.5 Å². The van der Waals surface area contributed by atoms with Crippen LogP contribution < -0.4 is 16.0 Å². The van der Waals surface area contributed by atoms with Crippen molar-refractivity contribution >= 4 is 18.1 Å². The minimum absolute atomic E-state index is 0.0139. The molecule has 3 amide bonds. The molecular formula is C71H123N3O29. The van der Waals surface area contributed by atoms with Crippen LogP contribution in [0.1, 0.15) is 37.8 Å². The fourth-order valence-electron chi connectivity index (χ4n) is 8.87. The second kappa shape index (κ2) is 69.2. The second-order valence-corrected chi connectivity index (χ2v) is 23.0. The summed E-state index contributed by atoms with van der Waals surface area (Å²) < 4.78 is 137. The number of benzene rings is 2. The predicted octanol–water partition coefficient (Wildman–Crippen LogP) is 2.91. The van der Waals surface area contributed by atoms with Crippen molar-refractivity contribution in [3.63, 3.8) is 0 Å². The lowest BCUT2D eigenvalue weighted by Crippen LogP contribution is -2.53. The van der Waals surface area contributed by atoms with Crippen molar-refractivity contribution in [1.29, 1.82) is 0 Å². The van der Waals surface area contributed by atoms with E-state index in [9.17, 15) is 14.4 Å². The molecule has 0 spiro atoms. The van der Waals surface area contributed by atoms with Gasteiger partial charge in [-0.3, -0.25) is 4.79 Å². The van der Waals surface area contributed by atoms with E-state index >= 15 is 0 Å². The number of carbonyl (C=O) groups is 3. The van der Waals surface area contributed by atoms with Gasteiger partial charge in [-0.15, -0.1) is 0 Å². The number of ether oxygens (including phenoxy) is 25. The van der Waals surface area contributed by atoms with Gasteiger partial charge in [-0.1, -0.05) is 48.5 Å². The minimum atomic E-state index is -1.15. The lowest BCUT2D eigenvalue weighted by Gasteiger charge is -2.22. The SMILES string of the molecule is CC(C)(C)OC(=O)NCC(NC(=O)OCC1c2ccccc2-c2ccccc21)C(=O)NCCOCCOCCOCCOCCOCCOCCOCCOCCOCCOCCOCCOCCOCCOCCOCCOCCOCCOCCOCCOCCOCCOCCOCCO. The van der Waals surface area contributed by atoms with Gasteiger partial charge in [-0.2, -0.15) is 0 Å². The van der Waals surface area contributed by atoms with E-state index in [0.717, 1.165) is 22.3 Å². The number of hydrogen-bond donors (Lipinski definition) is 4. The molecular weight excluding hydrogens is 1360 g/mol. The fourth-order valence-corrected chi connectivity index (χ4v) is 8.87. The van der Waals surface area contributed by atoms with Crippen LogP contribution in [0.4, 0.5) is 9.59 Å². The molecule has 1 aliphatic rings. The highest BCUT2D eigenvalue weighted by molar-refractivity contribution is 5.86. The number of amides is 3. The second-order valence-electron chi connectivity index (χ2n) is 23.0. The van der Waals surface area contributed by atoms with Crippen molar-refractivity contribution in [2.45, 2.75) is 38.3 Å². The Kier molecular flexibility index (Phi) is 62.3. The molecule has 32 nitrogen and oxygen atoms in total. The Morgan fingerprint density at radius 1 is 0.330 bits per heavy atom. The van der Waals surface area contributed by atoms with Gasteiger partial charge in [0.05, 0.1) is 317 Å². The van der Waals surface area contributed by atoms with Crippen LogP contribution in [0.25, 0.3) is 11.1 Å². The zero-order valence-corrected chi connectivity index (χ0v) is 61.5. The third-order valence-corrected chi connectivity index (χ3v) is 13.8. The Hall–Kier alpha value is -4.51. The first-order valence-electron chi connectivity index (χ1n) is 35.9. The topological polar surface area (TPSA) is 338 Å². The van der Waals surface area contributed by atoms with E-state index in [1.54, 1.807) is 20.8 Å². The molecule has 3 rings (SSSR count). The molecule has 0 heterocycles. The van der Waals surface area contributed by atoms with E-state index in [4.69, 9.17) is 124 Å². The van der Waals surface area contributed by atoms with Gasteiger partial charge in [0.2, 0.25) is 5.91 Å². The molecule has 1 aliphatic carbocycles. The van der Waals surface area contributed by atoms with Crippen molar-refractivity contribution in [2.24, 2.45) is 0 Å². The third kappa shape index (κ3) is 56.4. The van der Waals surface area contributed by atoms with E-state index in [2.05, 4.69) is 16.0 Å². The maximum Gasteiger partial charge on any atom is 0.407 e. The Labute approximate surface area is 609 Å². The minimum Gasteiger partial charge on any atom is -0.449 e. The van der Waals surface area contributed by atoms with Gasteiger partial charge in [0.15, 0.2) is 0 Å². The molecule has 596 valence electrons. The zero-order valence-electron chi connectivity index (χ0n) is 61.5. The summed E-state index contributed by atoms with van der Waals surface area (Å²) in [4.78, 5) is 38.7. The molecule has 0 aromatic heterocycles. The molecule has 0 saturated heterocycles. The molecule has 32 heteroatoms. The van der Waals surface area contributed by atoms with Gasteiger partial charge >= 0.3 is 12.2 Å². The summed E-state index contributed by atoms with van der Waals surface area (Å²) in [5, 5.41) is 16.5. The van der Waals surface area contributed by atoms with Crippen LogP contribution in [0.2, 0.25) is 0 Å². The Morgan fingerprint density at radius 2 is 0.563 bits per heavy atom. The number of alkyl carbamates (subject to hydrolysis) is 2. The number of carbonyl (C=O) groups excluding carboxylic acids is 3. The standard InChI is InChI=1S/C71H123N3O29/c1-71(2,3)103-69(77)73-60-67(74-70(78)102-61-66-64-10-6-4-8-62(64)63-9-5-7-11-65(63)66)68(76)72-12-14-79-16-18-81-20-22-83-24-26-85-28-30-87-32-34-89-36-38-91-40-42-93-44-46-95-48-50-97-52-54-99-56-58-101-59-57-100-55-53-98-51-49-96-47-45-94-43-41-92-39-37-90-35-33-88-31-29-86-27-25-84-23-21-82-19-17-80-15-13-75/h4-11,66-67,75H,12-61H2,1-3H3,(H,72,76)(H,73,77)(H,74,78). The largest absolute Gasteiger partial charge is 0.449 e. The summed E-state index contributed by atoms with van der Waals surface area (Å²) in [7, 11) is 0. The molecule has 1 atom stereocenters. The average Bonchev–Trinajstić information content (AvgIpc) is 1.62. The number of hydrogen-bond acceptors (Lipinski definition) is 29. The molecule has 0 radical (unpaired) electrons. The fraction of sp³-hybridized carbons (Fsp3) is 0.789. The highest BCUT2D eigenvalue weighted by atomic mass is 16.6. The van der Waals surface area contributed by atoms with Crippen molar-refractivity contribution in [1.82, 2.24) is 16.0 Å². The molecule has 0 bridgehead atoms. The molecule has 0 fully saturated rings. The van der Waals surface area contributed by atoms with Crippen molar-refractivity contribution in [2.75, 3.05) is 330 Å². The molecule has 2 aromatic carbocycles. The Balaban J connectivity index is 0.919. The number of aliphatic hydroxyl groups is 1. The van der Waals surface area contributed by atoms with E-state index in [1.165, 1.54) is 0 Å². The monoisotopic (exact) mass is 1480 g/mol. The summed E-state index contributed by atoms with van der Waals surface area (Å²) >= 11 is 0. The molecule has 2 aromatic rings. The Bertz CT molecular complexity index is 2200. The van der Waals surface area contributed by atoms with E-state index in [0.29, 0.717) is 297 Å². The predicted molar refractivity (Wildman–Crippen MR) is 375 cm³/mol. The zero-order chi connectivity index (χ0) is 73.5. The summed E-state index contributed by atoms with van der Waals surface area (Å²) in [6.07, 6.45) is -1.53. The van der Waals surface area contributed by atoms with Crippen LogP contribution in [0.3, 0.4) is 0 Å². The summed E-state index contributed by atoms with van der Waals surface area (Å²) in [5.74, 6) is -0.698. The maximum absolute atomic E-state index is 13.2. The molecule has 0 aliphatic heterocycles. The van der Waals surface area contributed by atoms with Crippen molar-refractivity contribution in [3.05, 3.63) is 59.7 Å². The van der Waals surface area contributed by atoms with Gasteiger partial charge in [0.1, 0.15) is 18.2 Å². The van der Waals surface area contributed by atoms with Gasteiger partial charge in [-0.25, -0.2) is 9.59 Å². The number of rotatable bonds is 77. The molecule has 1 unspecified atom stereocenters. The normalized spacial score (nSPS) is 12.4. The summed E-state index contributed by atoms with van der Waals surface area (Å²) in [5.41, 5.74) is 3.55. The number of nitrogens with one attached hydrogen (secondary N) is 3. The van der Waals surface area contributed by atoms with Crippen LogP contribution in [-0.4, -0.2) is 365 Å². The number of aliphatic hydroxyl groups excluding tert-OH is 1. The smallest absolute Gasteiger partial charge is 0.407 e. The van der Waals surface area contributed by atoms with Crippen molar-refractivity contribution < 1.29 is 138 Å². The summed E-state index contributed by atoms with van der Waals surface area (Å²) in [6, 6.07) is 14.8. The van der Waals surface area contributed by atoms with Crippen molar-refractivity contribution in [3.8, 4) is 11.1 Å². The summed E-state index contributed by atoms with van der Waals surface area (Å²) in [6.45, 7) is 25.8. The first-order chi connectivity index (χ1) is 50.7. The molecule has 0 saturated carbocycles. The van der Waals surface area contributed by atoms with Gasteiger partial charge < -0.3 is 139 Å². The van der Waals surface area contributed by atoms with E-state index < -0.39 is 29.7 Å². The van der Waals surface area contributed by atoms with E-state index in [-0.39, 0.29) is 38.8 Å². The van der Waals surface area contributed by atoms with Gasteiger partial charge in [0.25, 0.3) is 0 Å². The molecule has 4 N–H and O–H groups in total. The highest BCUT2D eigenvalue weighted by Crippen LogP contribution is 2.44. The van der Waals surface area contributed by atoms with Crippen LogP contribution in [0.5, 0.6) is 0 Å². The average molecular weight is 1480 g/mol. The molecule has 103 heavy (non-hydrogen) atoms. The lowest BCUT2D eigenvalue weighted by atomic mass is 9.98. The quantitative estimate of drug-likeness (QED) is 0.0692. The van der Waals surface area contributed by atoms with Crippen LogP contribution in [0, 0.1) is 0 Å². The number of fused-ring (bicyclic) bond motifs is 3. The van der Waals surface area contributed by atoms with Crippen LogP contribution >= 0.6 is 0 Å². The lowest BCUT2D eigenvalue weighted by molar-refractivity contribution is -0.123.